The summed E-state index contributed by atoms with van der Waals surface area (Å²) in [5.74, 6) is 1.81. The Morgan fingerprint density at radius 1 is 0.900 bits per heavy atom. The van der Waals surface area contributed by atoms with E-state index in [9.17, 15) is 0 Å². The SMILES string of the molecule is CC(C)CPCC(C)C.[Na+]. The predicted molar refractivity (Wildman–Crippen MR) is 47.7 cm³/mol. The van der Waals surface area contributed by atoms with Crippen molar-refractivity contribution in [2.45, 2.75) is 27.7 Å². The molecule has 0 aliphatic carbocycles. The first-order valence-electron chi connectivity index (χ1n) is 3.83. The Labute approximate surface area is 89.6 Å². The van der Waals surface area contributed by atoms with Crippen molar-refractivity contribution in [2.75, 3.05) is 12.3 Å². The van der Waals surface area contributed by atoms with Crippen LogP contribution < -0.4 is 29.6 Å². The minimum Gasteiger partial charge on any atom is -0.122 e. The Kier molecular flexibility index (Phi) is 11.9. The summed E-state index contributed by atoms with van der Waals surface area (Å²) in [6.07, 6.45) is 2.86. The van der Waals surface area contributed by atoms with Crippen LogP contribution in [0.25, 0.3) is 0 Å². The standard InChI is InChI=1S/C8H19P.Na/c1-7(2)5-9-6-8(3)4;/h7-9H,5-6H2,1-4H3;/q;+1. The quantitative estimate of drug-likeness (QED) is 0.410. The summed E-state index contributed by atoms with van der Waals surface area (Å²) in [6.45, 7) is 9.20. The smallest absolute Gasteiger partial charge is 0.122 e. The van der Waals surface area contributed by atoms with Crippen molar-refractivity contribution in [1.29, 1.82) is 0 Å². The van der Waals surface area contributed by atoms with Crippen molar-refractivity contribution in [3.05, 3.63) is 0 Å². The van der Waals surface area contributed by atoms with Crippen LogP contribution in [0.15, 0.2) is 0 Å². The largest absolute Gasteiger partial charge is 1.00 e. The maximum atomic E-state index is 2.30. The monoisotopic (exact) mass is 169 g/mol. The average Bonchev–Trinajstić information content (AvgIpc) is 1.63. The van der Waals surface area contributed by atoms with Gasteiger partial charge < -0.3 is 0 Å². The molecule has 0 spiro atoms. The number of hydrogen-bond acceptors (Lipinski definition) is 0. The molecule has 0 aromatic rings. The van der Waals surface area contributed by atoms with E-state index in [-0.39, 0.29) is 29.6 Å². The molecule has 0 saturated carbocycles. The molecule has 0 radical (unpaired) electrons. The molecule has 0 aromatic carbocycles. The molecule has 0 saturated heterocycles. The van der Waals surface area contributed by atoms with Gasteiger partial charge in [-0.15, -0.1) is 8.58 Å². The van der Waals surface area contributed by atoms with Gasteiger partial charge in [0.2, 0.25) is 0 Å². The molecule has 0 nitrogen and oxygen atoms in total. The van der Waals surface area contributed by atoms with E-state index in [0.29, 0.717) is 0 Å². The summed E-state index contributed by atoms with van der Waals surface area (Å²) in [5, 5.41) is 0. The van der Waals surface area contributed by atoms with Crippen molar-refractivity contribution < 1.29 is 29.6 Å². The second kappa shape index (κ2) is 8.53. The molecule has 0 rings (SSSR count). The fraction of sp³-hybridized carbons (Fsp3) is 1.00. The van der Waals surface area contributed by atoms with Gasteiger partial charge in [0.1, 0.15) is 0 Å². The van der Waals surface area contributed by atoms with E-state index in [1.165, 1.54) is 20.9 Å². The van der Waals surface area contributed by atoms with Crippen molar-refractivity contribution in [3.8, 4) is 0 Å². The van der Waals surface area contributed by atoms with Crippen LogP contribution in [0.2, 0.25) is 0 Å². The first-order chi connectivity index (χ1) is 4.13. The Balaban J connectivity index is 0. The Bertz CT molecular complexity index is 54.3. The van der Waals surface area contributed by atoms with E-state index in [4.69, 9.17) is 0 Å². The van der Waals surface area contributed by atoms with E-state index in [1.54, 1.807) is 0 Å². The molecule has 0 heterocycles. The topological polar surface area (TPSA) is 0 Å². The summed E-state index contributed by atoms with van der Waals surface area (Å²) in [4.78, 5) is 0. The van der Waals surface area contributed by atoms with E-state index in [1.807, 2.05) is 0 Å². The van der Waals surface area contributed by atoms with Crippen molar-refractivity contribution in [1.82, 2.24) is 0 Å². The molecule has 0 aromatic heterocycles. The van der Waals surface area contributed by atoms with Gasteiger partial charge in [-0.3, -0.25) is 0 Å². The summed E-state index contributed by atoms with van der Waals surface area (Å²) < 4.78 is 0. The maximum Gasteiger partial charge on any atom is 1.00 e. The molecule has 0 aliphatic heterocycles. The minimum absolute atomic E-state index is 0. The predicted octanol–water partition coefficient (Wildman–Crippen LogP) is -0.0191. The molecule has 0 N–H and O–H groups in total. The summed E-state index contributed by atoms with van der Waals surface area (Å²) in [7, 11) is 1.19. The van der Waals surface area contributed by atoms with Gasteiger partial charge in [0, 0.05) is 0 Å². The normalized spacial score (nSPS) is 10.2. The zero-order valence-corrected chi connectivity index (χ0v) is 11.1. The molecular weight excluding hydrogens is 150 g/mol. The van der Waals surface area contributed by atoms with Crippen LogP contribution in [0.1, 0.15) is 27.7 Å². The number of rotatable bonds is 4. The molecule has 0 bridgehead atoms. The summed E-state index contributed by atoms with van der Waals surface area (Å²) >= 11 is 0. The third-order valence-corrected chi connectivity index (χ3v) is 3.32. The van der Waals surface area contributed by atoms with Crippen LogP contribution in [0, 0.1) is 11.8 Å². The second-order valence-electron chi connectivity index (χ2n) is 3.45. The molecule has 0 aliphatic rings. The van der Waals surface area contributed by atoms with Crippen LogP contribution >= 0.6 is 8.58 Å². The third-order valence-electron chi connectivity index (χ3n) is 1.11. The van der Waals surface area contributed by atoms with Gasteiger partial charge in [-0.2, -0.15) is 0 Å². The van der Waals surface area contributed by atoms with Crippen LogP contribution in [0.4, 0.5) is 0 Å². The van der Waals surface area contributed by atoms with Crippen LogP contribution in [0.3, 0.4) is 0 Å². The fourth-order valence-corrected chi connectivity index (χ4v) is 1.98. The van der Waals surface area contributed by atoms with Crippen molar-refractivity contribution >= 4 is 8.58 Å². The Morgan fingerprint density at radius 3 is 1.40 bits per heavy atom. The van der Waals surface area contributed by atoms with E-state index >= 15 is 0 Å². The Hall–Kier alpha value is 1.43. The van der Waals surface area contributed by atoms with E-state index < -0.39 is 0 Å². The van der Waals surface area contributed by atoms with E-state index in [0.717, 1.165) is 11.8 Å². The molecule has 2 heteroatoms. The molecular formula is C8H19NaP+. The summed E-state index contributed by atoms with van der Waals surface area (Å²) in [5.41, 5.74) is 0. The molecule has 0 unspecified atom stereocenters. The van der Waals surface area contributed by atoms with Gasteiger partial charge in [0.25, 0.3) is 0 Å². The maximum absolute atomic E-state index is 2.30. The van der Waals surface area contributed by atoms with Crippen LogP contribution in [0.5, 0.6) is 0 Å². The Morgan fingerprint density at radius 2 is 1.20 bits per heavy atom. The molecule has 10 heavy (non-hydrogen) atoms. The van der Waals surface area contributed by atoms with Gasteiger partial charge in [-0.25, -0.2) is 0 Å². The fourth-order valence-electron chi connectivity index (χ4n) is 0.661. The van der Waals surface area contributed by atoms with E-state index in [2.05, 4.69) is 27.7 Å². The van der Waals surface area contributed by atoms with Gasteiger partial charge >= 0.3 is 29.6 Å². The zero-order valence-electron chi connectivity index (χ0n) is 8.07. The van der Waals surface area contributed by atoms with Crippen LogP contribution in [-0.2, 0) is 0 Å². The zero-order chi connectivity index (χ0) is 7.28. The van der Waals surface area contributed by atoms with Crippen molar-refractivity contribution in [2.24, 2.45) is 11.8 Å². The first kappa shape index (κ1) is 14.0. The minimum atomic E-state index is 0. The molecule has 0 atom stereocenters. The average molecular weight is 169 g/mol. The number of hydrogen-bond donors (Lipinski definition) is 0. The van der Waals surface area contributed by atoms with Gasteiger partial charge in [0.15, 0.2) is 0 Å². The van der Waals surface area contributed by atoms with Gasteiger partial charge in [0.05, 0.1) is 0 Å². The molecule has 56 valence electrons. The summed E-state index contributed by atoms with van der Waals surface area (Å²) in [6, 6.07) is 0. The second-order valence-corrected chi connectivity index (χ2v) is 4.76. The van der Waals surface area contributed by atoms with Crippen molar-refractivity contribution in [3.63, 3.8) is 0 Å². The molecule has 0 amide bonds. The van der Waals surface area contributed by atoms with Gasteiger partial charge in [-0.05, 0) is 24.2 Å². The van der Waals surface area contributed by atoms with Gasteiger partial charge in [-0.1, -0.05) is 27.7 Å². The first-order valence-corrected chi connectivity index (χ1v) is 5.25. The third kappa shape index (κ3) is 12.1. The molecule has 0 fully saturated rings. The van der Waals surface area contributed by atoms with Crippen LogP contribution in [-0.4, -0.2) is 12.3 Å².